The Hall–Kier alpha value is -1.32. The molecule has 0 fully saturated rings. The van der Waals surface area contributed by atoms with Gasteiger partial charge in [0.25, 0.3) is 0 Å². The molecule has 4 nitrogen and oxygen atoms in total. The molecule has 0 saturated carbocycles. The van der Waals surface area contributed by atoms with Crippen molar-refractivity contribution in [1.29, 1.82) is 0 Å². The Kier molecular flexibility index (Phi) is 2.64. The van der Waals surface area contributed by atoms with Gasteiger partial charge in [0.15, 0.2) is 0 Å². The molecular weight excluding hydrogens is 180 g/mol. The molecule has 0 aliphatic heterocycles. The van der Waals surface area contributed by atoms with Gasteiger partial charge in [-0.05, 0) is 27.7 Å². The Bertz CT molecular complexity index is 340. The fourth-order valence-electron chi connectivity index (χ4n) is 1.07. The Balaban J connectivity index is 3.03. The normalized spacial score (nSPS) is 12.1. The SMILES string of the molecule is CC(C)n1cc(C(C)(C)C(=O)O)cn1. The first-order valence-electron chi connectivity index (χ1n) is 4.63. The number of nitrogens with zero attached hydrogens (tertiary/aromatic N) is 2. The lowest BCUT2D eigenvalue weighted by atomic mass is 9.87. The third kappa shape index (κ3) is 1.78. The van der Waals surface area contributed by atoms with Crippen molar-refractivity contribution in [3.8, 4) is 0 Å². The summed E-state index contributed by atoms with van der Waals surface area (Å²) in [5.74, 6) is -0.833. The van der Waals surface area contributed by atoms with Crippen molar-refractivity contribution in [3.63, 3.8) is 0 Å². The topological polar surface area (TPSA) is 55.1 Å². The first-order valence-corrected chi connectivity index (χ1v) is 4.63. The van der Waals surface area contributed by atoms with E-state index in [4.69, 9.17) is 5.11 Å². The molecule has 1 rings (SSSR count). The highest BCUT2D eigenvalue weighted by Crippen LogP contribution is 2.23. The van der Waals surface area contributed by atoms with Gasteiger partial charge in [-0.25, -0.2) is 0 Å². The largest absolute Gasteiger partial charge is 0.481 e. The van der Waals surface area contributed by atoms with Gasteiger partial charge in [0.05, 0.1) is 11.6 Å². The van der Waals surface area contributed by atoms with E-state index in [1.165, 1.54) is 0 Å². The van der Waals surface area contributed by atoms with Crippen molar-refractivity contribution in [1.82, 2.24) is 9.78 Å². The Morgan fingerprint density at radius 2 is 2.14 bits per heavy atom. The second-order valence-corrected chi connectivity index (χ2v) is 4.23. The molecule has 1 heterocycles. The zero-order chi connectivity index (χ0) is 10.9. The van der Waals surface area contributed by atoms with E-state index in [-0.39, 0.29) is 6.04 Å². The summed E-state index contributed by atoms with van der Waals surface area (Å²) in [6.07, 6.45) is 3.41. The predicted octanol–water partition coefficient (Wildman–Crippen LogP) is 1.83. The maximum Gasteiger partial charge on any atom is 0.313 e. The highest BCUT2D eigenvalue weighted by molar-refractivity contribution is 5.79. The van der Waals surface area contributed by atoms with Crippen LogP contribution in [0.25, 0.3) is 0 Å². The van der Waals surface area contributed by atoms with E-state index in [1.54, 1.807) is 30.9 Å². The number of hydrogen-bond donors (Lipinski definition) is 1. The quantitative estimate of drug-likeness (QED) is 0.802. The number of carboxylic acids is 1. The van der Waals surface area contributed by atoms with Gasteiger partial charge in [-0.2, -0.15) is 5.10 Å². The van der Waals surface area contributed by atoms with Crippen molar-refractivity contribution in [2.45, 2.75) is 39.2 Å². The molecular formula is C10H16N2O2. The van der Waals surface area contributed by atoms with E-state index in [2.05, 4.69) is 5.10 Å². The smallest absolute Gasteiger partial charge is 0.313 e. The van der Waals surface area contributed by atoms with Crippen LogP contribution in [0.15, 0.2) is 12.4 Å². The maximum absolute atomic E-state index is 11.0. The lowest BCUT2D eigenvalue weighted by Crippen LogP contribution is -2.27. The number of aromatic nitrogens is 2. The van der Waals surface area contributed by atoms with Gasteiger partial charge < -0.3 is 5.11 Å². The van der Waals surface area contributed by atoms with Crippen LogP contribution < -0.4 is 0 Å². The fourth-order valence-corrected chi connectivity index (χ4v) is 1.07. The van der Waals surface area contributed by atoms with Crippen LogP contribution in [0.2, 0.25) is 0 Å². The van der Waals surface area contributed by atoms with E-state index in [0.29, 0.717) is 0 Å². The Morgan fingerprint density at radius 3 is 2.50 bits per heavy atom. The molecule has 0 atom stereocenters. The number of hydrogen-bond acceptors (Lipinski definition) is 2. The van der Waals surface area contributed by atoms with Crippen LogP contribution in [0, 0.1) is 0 Å². The van der Waals surface area contributed by atoms with E-state index in [1.807, 2.05) is 13.8 Å². The second-order valence-electron chi connectivity index (χ2n) is 4.23. The highest BCUT2D eigenvalue weighted by Gasteiger charge is 2.30. The van der Waals surface area contributed by atoms with Crippen LogP contribution in [0.4, 0.5) is 0 Å². The average molecular weight is 196 g/mol. The molecule has 1 aromatic rings. The third-order valence-electron chi connectivity index (χ3n) is 2.39. The summed E-state index contributed by atoms with van der Waals surface area (Å²) in [7, 11) is 0. The van der Waals surface area contributed by atoms with Gasteiger partial charge in [-0.3, -0.25) is 9.48 Å². The first-order chi connectivity index (χ1) is 6.35. The van der Waals surface area contributed by atoms with Crippen LogP contribution in [-0.4, -0.2) is 20.9 Å². The van der Waals surface area contributed by atoms with E-state index in [9.17, 15) is 4.79 Å². The zero-order valence-electron chi connectivity index (χ0n) is 8.98. The molecule has 0 spiro atoms. The van der Waals surface area contributed by atoms with Crippen molar-refractivity contribution in [2.24, 2.45) is 0 Å². The molecule has 1 N–H and O–H groups in total. The molecule has 78 valence electrons. The number of aliphatic carboxylic acids is 1. The molecule has 0 saturated heterocycles. The minimum Gasteiger partial charge on any atom is -0.481 e. The van der Waals surface area contributed by atoms with Crippen molar-refractivity contribution < 1.29 is 9.90 Å². The molecule has 1 aromatic heterocycles. The fraction of sp³-hybridized carbons (Fsp3) is 0.600. The summed E-state index contributed by atoms with van der Waals surface area (Å²) < 4.78 is 1.76. The molecule has 0 aliphatic carbocycles. The van der Waals surface area contributed by atoms with Gasteiger partial charge in [-0.1, -0.05) is 0 Å². The monoisotopic (exact) mass is 196 g/mol. The summed E-state index contributed by atoms with van der Waals surface area (Å²) in [6, 6.07) is 0.258. The van der Waals surface area contributed by atoms with Gasteiger partial charge in [0.1, 0.15) is 0 Å². The average Bonchev–Trinajstić information content (AvgIpc) is 2.51. The summed E-state index contributed by atoms with van der Waals surface area (Å²) in [5.41, 5.74) is -0.133. The minimum atomic E-state index is -0.868. The van der Waals surface area contributed by atoms with Crippen molar-refractivity contribution in [3.05, 3.63) is 18.0 Å². The maximum atomic E-state index is 11.0. The van der Waals surface area contributed by atoms with Crippen molar-refractivity contribution in [2.75, 3.05) is 0 Å². The van der Waals surface area contributed by atoms with Gasteiger partial charge in [0, 0.05) is 17.8 Å². The molecule has 4 heteroatoms. The van der Waals surface area contributed by atoms with E-state index in [0.717, 1.165) is 5.56 Å². The summed E-state index contributed by atoms with van der Waals surface area (Å²) in [6.45, 7) is 7.36. The Morgan fingerprint density at radius 1 is 1.57 bits per heavy atom. The molecule has 0 aliphatic rings. The summed E-state index contributed by atoms with van der Waals surface area (Å²) in [4.78, 5) is 11.0. The van der Waals surface area contributed by atoms with Crippen LogP contribution in [0.3, 0.4) is 0 Å². The Labute approximate surface area is 83.5 Å². The summed E-state index contributed by atoms with van der Waals surface area (Å²) >= 11 is 0. The third-order valence-corrected chi connectivity index (χ3v) is 2.39. The number of rotatable bonds is 3. The van der Waals surface area contributed by atoms with Crippen LogP contribution >= 0.6 is 0 Å². The van der Waals surface area contributed by atoms with Crippen LogP contribution in [-0.2, 0) is 10.2 Å². The molecule has 0 unspecified atom stereocenters. The van der Waals surface area contributed by atoms with Gasteiger partial charge in [0.2, 0.25) is 0 Å². The standard InChI is InChI=1S/C10H16N2O2/c1-7(2)12-6-8(5-11-12)10(3,4)9(13)14/h5-7H,1-4H3,(H,13,14). The number of carboxylic acid groups (broad SMARTS) is 1. The molecule has 14 heavy (non-hydrogen) atoms. The molecule has 0 amide bonds. The van der Waals surface area contributed by atoms with Gasteiger partial charge >= 0.3 is 5.97 Å². The molecule has 0 aromatic carbocycles. The second kappa shape index (κ2) is 3.44. The van der Waals surface area contributed by atoms with Gasteiger partial charge in [-0.15, -0.1) is 0 Å². The van der Waals surface area contributed by atoms with E-state index >= 15 is 0 Å². The highest BCUT2D eigenvalue weighted by atomic mass is 16.4. The van der Waals surface area contributed by atoms with Crippen LogP contribution in [0.5, 0.6) is 0 Å². The molecule has 0 bridgehead atoms. The minimum absolute atomic E-state index is 0.258. The lowest BCUT2D eigenvalue weighted by Gasteiger charge is -2.16. The lowest BCUT2D eigenvalue weighted by molar-refractivity contribution is -0.142. The summed E-state index contributed by atoms with van der Waals surface area (Å²) in [5, 5.41) is 13.1. The van der Waals surface area contributed by atoms with Crippen molar-refractivity contribution >= 4 is 5.97 Å². The zero-order valence-corrected chi connectivity index (χ0v) is 8.98. The number of carbonyl (C=O) groups is 1. The predicted molar refractivity (Wildman–Crippen MR) is 53.3 cm³/mol. The van der Waals surface area contributed by atoms with Crippen LogP contribution in [0.1, 0.15) is 39.3 Å². The molecule has 0 radical (unpaired) electrons. The first kappa shape index (κ1) is 10.8. The van der Waals surface area contributed by atoms with E-state index < -0.39 is 11.4 Å².